The molecule has 1 fully saturated rings. The molecule has 0 amide bonds. The third kappa shape index (κ3) is 2.67. The summed E-state index contributed by atoms with van der Waals surface area (Å²) in [4.78, 5) is 0. The first-order valence-electron chi connectivity index (χ1n) is 4.41. The maximum atomic E-state index is 8.70. The average molecular weight is 164 g/mol. The van der Waals surface area contributed by atoms with Gasteiger partial charge >= 0.3 is 0 Å². The Balaban J connectivity index is 2.46. The van der Waals surface area contributed by atoms with Crippen molar-refractivity contribution in [3.8, 4) is 0 Å². The highest BCUT2D eigenvalue weighted by Crippen LogP contribution is 2.36. The van der Waals surface area contributed by atoms with Crippen molar-refractivity contribution in [3.05, 3.63) is 36.0 Å². The molecule has 0 aromatic rings. The van der Waals surface area contributed by atoms with Crippen LogP contribution >= 0.6 is 0 Å². The minimum Gasteiger partial charge on any atom is -0.392 e. The summed E-state index contributed by atoms with van der Waals surface area (Å²) in [6.45, 7) is 5.80. The molecule has 66 valence electrons. The van der Waals surface area contributed by atoms with Gasteiger partial charge < -0.3 is 5.11 Å². The molecule has 0 heterocycles. The molecule has 0 aromatic carbocycles. The molecule has 0 aromatic heterocycles. The van der Waals surface area contributed by atoms with Crippen LogP contribution < -0.4 is 0 Å². The molecule has 1 aliphatic rings. The van der Waals surface area contributed by atoms with Crippen molar-refractivity contribution in [2.75, 3.05) is 6.61 Å². The van der Waals surface area contributed by atoms with Crippen LogP contribution in [0, 0.1) is 5.92 Å². The summed E-state index contributed by atoms with van der Waals surface area (Å²) in [5.74, 6) is 0.776. The topological polar surface area (TPSA) is 20.2 Å². The maximum absolute atomic E-state index is 8.70. The summed E-state index contributed by atoms with van der Waals surface area (Å²) in [7, 11) is 0. The molecule has 1 saturated carbocycles. The van der Waals surface area contributed by atoms with Crippen molar-refractivity contribution >= 4 is 0 Å². The minimum atomic E-state index is 0.0537. The van der Waals surface area contributed by atoms with E-state index in [1.165, 1.54) is 18.4 Å². The fraction of sp³-hybridized carbons (Fsp3) is 0.455. The fourth-order valence-corrected chi connectivity index (χ4v) is 1.15. The Morgan fingerprint density at radius 2 is 2.17 bits per heavy atom. The van der Waals surface area contributed by atoms with Gasteiger partial charge in [-0.1, -0.05) is 24.8 Å². The molecule has 0 saturated heterocycles. The Morgan fingerprint density at radius 1 is 1.50 bits per heavy atom. The highest BCUT2D eigenvalue weighted by atomic mass is 16.3. The summed E-state index contributed by atoms with van der Waals surface area (Å²) >= 11 is 0. The summed E-state index contributed by atoms with van der Waals surface area (Å²) in [6, 6.07) is 0. The van der Waals surface area contributed by atoms with E-state index in [-0.39, 0.29) is 6.61 Å². The zero-order chi connectivity index (χ0) is 8.97. The first kappa shape index (κ1) is 9.27. The molecule has 1 nitrogen and oxygen atoms in total. The average Bonchev–Trinajstić information content (AvgIpc) is 2.89. The Morgan fingerprint density at radius 3 is 2.58 bits per heavy atom. The molecule has 1 rings (SSSR count). The van der Waals surface area contributed by atoms with Gasteiger partial charge in [-0.3, -0.25) is 0 Å². The fourth-order valence-electron chi connectivity index (χ4n) is 1.15. The first-order chi connectivity index (χ1) is 5.77. The highest BCUT2D eigenvalue weighted by molar-refractivity contribution is 5.30. The van der Waals surface area contributed by atoms with Gasteiger partial charge in [-0.25, -0.2) is 0 Å². The zero-order valence-corrected chi connectivity index (χ0v) is 7.59. The van der Waals surface area contributed by atoms with Crippen molar-refractivity contribution in [2.24, 2.45) is 5.92 Å². The molecule has 0 bridgehead atoms. The second kappa shape index (κ2) is 4.27. The molecule has 1 aliphatic carbocycles. The van der Waals surface area contributed by atoms with Gasteiger partial charge in [0.15, 0.2) is 0 Å². The van der Waals surface area contributed by atoms with Crippen molar-refractivity contribution < 1.29 is 5.11 Å². The maximum Gasteiger partial charge on any atom is 0.0676 e. The van der Waals surface area contributed by atoms with Gasteiger partial charge in [0.1, 0.15) is 0 Å². The van der Waals surface area contributed by atoms with Crippen LogP contribution in [0.25, 0.3) is 0 Å². The lowest BCUT2D eigenvalue weighted by atomic mass is 10.1. The van der Waals surface area contributed by atoms with Gasteiger partial charge in [0.05, 0.1) is 6.61 Å². The van der Waals surface area contributed by atoms with Crippen LogP contribution in [0.5, 0.6) is 0 Å². The third-order valence-electron chi connectivity index (χ3n) is 2.10. The van der Waals surface area contributed by atoms with Crippen LogP contribution in [0.1, 0.15) is 19.8 Å². The van der Waals surface area contributed by atoms with Crippen LogP contribution in [0.4, 0.5) is 0 Å². The molecule has 0 aliphatic heterocycles. The lowest BCUT2D eigenvalue weighted by Crippen LogP contribution is -1.84. The van der Waals surface area contributed by atoms with E-state index in [4.69, 9.17) is 5.11 Å². The van der Waals surface area contributed by atoms with Crippen molar-refractivity contribution in [1.29, 1.82) is 0 Å². The summed E-state index contributed by atoms with van der Waals surface area (Å²) in [5, 5.41) is 8.70. The van der Waals surface area contributed by atoms with E-state index in [0.29, 0.717) is 0 Å². The number of aliphatic hydroxyl groups is 1. The van der Waals surface area contributed by atoms with Crippen LogP contribution in [0.3, 0.4) is 0 Å². The van der Waals surface area contributed by atoms with Crippen LogP contribution in [-0.4, -0.2) is 11.7 Å². The smallest absolute Gasteiger partial charge is 0.0676 e. The second-order valence-corrected chi connectivity index (χ2v) is 3.21. The first-order valence-corrected chi connectivity index (χ1v) is 4.41. The van der Waals surface area contributed by atoms with Crippen LogP contribution in [0.15, 0.2) is 36.0 Å². The van der Waals surface area contributed by atoms with Gasteiger partial charge in [0.2, 0.25) is 0 Å². The summed E-state index contributed by atoms with van der Waals surface area (Å²) in [5.41, 5.74) is 2.15. The number of hydrogen-bond acceptors (Lipinski definition) is 1. The van der Waals surface area contributed by atoms with E-state index in [9.17, 15) is 0 Å². The predicted molar refractivity (Wildman–Crippen MR) is 51.8 cm³/mol. The summed E-state index contributed by atoms with van der Waals surface area (Å²) < 4.78 is 0. The predicted octanol–water partition coefficient (Wildman–Crippen LogP) is 2.45. The van der Waals surface area contributed by atoms with E-state index in [0.717, 1.165) is 11.5 Å². The molecule has 12 heavy (non-hydrogen) atoms. The normalized spacial score (nSPS) is 18.7. The molecule has 0 atom stereocenters. The highest BCUT2D eigenvalue weighted by Gasteiger charge is 2.23. The van der Waals surface area contributed by atoms with Crippen molar-refractivity contribution in [2.45, 2.75) is 19.8 Å². The Hall–Kier alpha value is -0.820. The van der Waals surface area contributed by atoms with Crippen molar-refractivity contribution in [3.63, 3.8) is 0 Å². The number of rotatable bonds is 4. The second-order valence-electron chi connectivity index (χ2n) is 3.21. The standard InChI is InChI=1S/C11H16O/c1-3-10(11-6-7-11)5-4-9(2)8-12/h3-5,11-12H,2,6-8H2,1H3/b5-4-,10-3+. The Labute approximate surface area is 74.1 Å². The number of allylic oxidation sites excluding steroid dienone is 3. The van der Waals surface area contributed by atoms with E-state index >= 15 is 0 Å². The van der Waals surface area contributed by atoms with E-state index in [1.54, 1.807) is 0 Å². The van der Waals surface area contributed by atoms with E-state index < -0.39 is 0 Å². The number of aliphatic hydroxyl groups excluding tert-OH is 1. The summed E-state index contributed by atoms with van der Waals surface area (Å²) in [6.07, 6.45) is 8.73. The molecular weight excluding hydrogens is 148 g/mol. The van der Waals surface area contributed by atoms with Gasteiger partial charge in [-0.05, 0) is 36.8 Å². The van der Waals surface area contributed by atoms with Gasteiger partial charge in [-0.15, -0.1) is 0 Å². The third-order valence-corrected chi connectivity index (χ3v) is 2.10. The van der Waals surface area contributed by atoms with Gasteiger partial charge in [-0.2, -0.15) is 0 Å². The monoisotopic (exact) mass is 164 g/mol. The zero-order valence-electron chi connectivity index (χ0n) is 7.59. The van der Waals surface area contributed by atoms with E-state index in [2.05, 4.69) is 25.7 Å². The minimum absolute atomic E-state index is 0.0537. The van der Waals surface area contributed by atoms with E-state index in [1.807, 2.05) is 6.08 Å². The van der Waals surface area contributed by atoms with Crippen LogP contribution in [0.2, 0.25) is 0 Å². The molecule has 1 heteroatoms. The number of hydrogen-bond donors (Lipinski definition) is 1. The SMILES string of the molecule is C=C(/C=C\C(=C/C)C1CC1)CO. The largest absolute Gasteiger partial charge is 0.392 e. The molecule has 1 N–H and O–H groups in total. The molecular formula is C11H16O. The van der Waals surface area contributed by atoms with Crippen LogP contribution in [-0.2, 0) is 0 Å². The van der Waals surface area contributed by atoms with Crippen molar-refractivity contribution in [1.82, 2.24) is 0 Å². The quantitative estimate of drug-likeness (QED) is 0.633. The lowest BCUT2D eigenvalue weighted by molar-refractivity contribution is 0.335. The molecule has 0 spiro atoms. The van der Waals surface area contributed by atoms with Gasteiger partial charge in [0.25, 0.3) is 0 Å². The van der Waals surface area contributed by atoms with Gasteiger partial charge in [0, 0.05) is 0 Å². The molecule has 0 unspecified atom stereocenters. The Bertz CT molecular complexity index is 219. The Kier molecular flexibility index (Phi) is 3.30. The molecule has 0 radical (unpaired) electrons. The lowest BCUT2D eigenvalue weighted by Gasteiger charge is -1.96.